The van der Waals surface area contributed by atoms with Gasteiger partial charge in [-0.3, -0.25) is 9.78 Å². The van der Waals surface area contributed by atoms with E-state index in [1.807, 2.05) is 43.3 Å². The lowest BCUT2D eigenvalue weighted by Gasteiger charge is -2.04. The van der Waals surface area contributed by atoms with Crippen LogP contribution in [-0.2, 0) is 0 Å². The minimum absolute atomic E-state index is 0.114. The first kappa shape index (κ1) is 12.3. The highest BCUT2D eigenvalue weighted by atomic mass is 16.1. The van der Waals surface area contributed by atoms with E-state index in [0.717, 1.165) is 17.5 Å². The maximum Gasteiger partial charge on any atom is 0.269 e. The monoisotopic (exact) mass is 240 g/mol. The van der Waals surface area contributed by atoms with Crippen molar-refractivity contribution in [3.63, 3.8) is 0 Å². The summed E-state index contributed by atoms with van der Waals surface area (Å²) in [7, 11) is 0. The van der Waals surface area contributed by atoms with Gasteiger partial charge < -0.3 is 5.32 Å². The van der Waals surface area contributed by atoms with Crippen LogP contribution in [0.4, 0.5) is 0 Å². The first-order chi connectivity index (χ1) is 8.81. The van der Waals surface area contributed by atoms with Gasteiger partial charge in [0, 0.05) is 18.3 Å². The molecule has 0 spiro atoms. The SMILES string of the molecule is CCCNC(=O)c1ccc(-c2ccccc2)cn1. The molecule has 0 saturated heterocycles. The Hall–Kier alpha value is -2.16. The normalized spacial score (nSPS) is 10.1. The zero-order chi connectivity index (χ0) is 12.8. The summed E-state index contributed by atoms with van der Waals surface area (Å²) >= 11 is 0. The average molecular weight is 240 g/mol. The van der Waals surface area contributed by atoms with Crippen molar-refractivity contribution in [1.29, 1.82) is 0 Å². The van der Waals surface area contributed by atoms with Gasteiger partial charge in [-0.2, -0.15) is 0 Å². The van der Waals surface area contributed by atoms with Crippen molar-refractivity contribution < 1.29 is 4.79 Å². The number of carbonyl (C=O) groups excluding carboxylic acids is 1. The van der Waals surface area contributed by atoms with Gasteiger partial charge >= 0.3 is 0 Å². The number of hydrogen-bond acceptors (Lipinski definition) is 2. The van der Waals surface area contributed by atoms with Crippen LogP contribution >= 0.6 is 0 Å². The third kappa shape index (κ3) is 2.94. The molecule has 0 aliphatic heterocycles. The van der Waals surface area contributed by atoms with Crippen LogP contribution in [0.15, 0.2) is 48.7 Å². The fourth-order valence-corrected chi connectivity index (χ4v) is 1.66. The number of carbonyl (C=O) groups is 1. The summed E-state index contributed by atoms with van der Waals surface area (Å²) in [5, 5.41) is 2.81. The van der Waals surface area contributed by atoms with E-state index >= 15 is 0 Å². The van der Waals surface area contributed by atoms with E-state index in [2.05, 4.69) is 10.3 Å². The topological polar surface area (TPSA) is 42.0 Å². The molecule has 0 bridgehead atoms. The molecule has 0 saturated carbocycles. The summed E-state index contributed by atoms with van der Waals surface area (Å²) in [6.45, 7) is 2.70. The Balaban J connectivity index is 2.13. The van der Waals surface area contributed by atoms with Gasteiger partial charge in [0.25, 0.3) is 5.91 Å². The van der Waals surface area contributed by atoms with Gasteiger partial charge in [0.15, 0.2) is 0 Å². The molecule has 0 aliphatic rings. The van der Waals surface area contributed by atoms with Crippen molar-refractivity contribution in [3.05, 3.63) is 54.4 Å². The van der Waals surface area contributed by atoms with E-state index in [1.165, 1.54) is 0 Å². The number of pyridine rings is 1. The van der Waals surface area contributed by atoms with Gasteiger partial charge in [0.05, 0.1) is 0 Å². The molecule has 2 rings (SSSR count). The number of amides is 1. The summed E-state index contributed by atoms with van der Waals surface area (Å²) in [6.07, 6.45) is 2.66. The van der Waals surface area contributed by atoms with Crippen LogP contribution in [0.25, 0.3) is 11.1 Å². The Morgan fingerprint density at radius 3 is 2.50 bits per heavy atom. The molecule has 1 aromatic carbocycles. The Labute approximate surface area is 107 Å². The van der Waals surface area contributed by atoms with Crippen LogP contribution in [0.2, 0.25) is 0 Å². The number of aromatic nitrogens is 1. The van der Waals surface area contributed by atoms with Crippen molar-refractivity contribution in [2.45, 2.75) is 13.3 Å². The fraction of sp³-hybridized carbons (Fsp3) is 0.200. The molecule has 3 heteroatoms. The molecule has 92 valence electrons. The summed E-state index contributed by atoms with van der Waals surface area (Å²) < 4.78 is 0. The summed E-state index contributed by atoms with van der Waals surface area (Å²) in [6, 6.07) is 13.7. The van der Waals surface area contributed by atoms with Gasteiger partial charge in [-0.05, 0) is 18.1 Å². The van der Waals surface area contributed by atoms with E-state index in [4.69, 9.17) is 0 Å². The highest BCUT2D eigenvalue weighted by Gasteiger charge is 2.06. The lowest BCUT2D eigenvalue weighted by atomic mass is 10.1. The van der Waals surface area contributed by atoms with E-state index < -0.39 is 0 Å². The van der Waals surface area contributed by atoms with Crippen molar-refractivity contribution in [2.24, 2.45) is 0 Å². The van der Waals surface area contributed by atoms with Crippen molar-refractivity contribution in [1.82, 2.24) is 10.3 Å². The van der Waals surface area contributed by atoms with Crippen LogP contribution in [0, 0.1) is 0 Å². The zero-order valence-electron chi connectivity index (χ0n) is 10.4. The molecule has 0 radical (unpaired) electrons. The van der Waals surface area contributed by atoms with Crippen LogP contribution in [0.1, 0.15) is 23.8 Å². The van der Waals surface area contributed by atoms with Gasteiger partial charge in [-0.15, -0.1) is 0 Å². The summed E-state index contributed by atoms with van der Waals surface area (Å²) in [4.78, 5) is 15.9. The Bertz CT molecular complexity index is 506. The van der Waals surface area contributed by atoms with Gasteiger partial charge in [-0.1, -0.05) is 43.3 Å². The maximum absolute atomic E-state index is 11.7. The highest BCUT2D eigenvalue weighted by Crippen LogP contribution is 2.17. The van der Waals surface area contributed by atoms with Crippen molar-refractivity contribution in [3.8, 4) is 11.1 Å². The predicted octanol–water partition coefficient (Wildman–Crippen LogP) is 2.89. The molecule has 3 nitrogen and oxygen atoms in total. The molecule has 2 aromatic rings. The second-order valence-corrected chi connectivity index (χ2v) is 4.05. The largest absolute Gasteiger partial charge is 0.351 e. The minimum Gasteiger partial charge on any atom is -0.351 e. The summed E-state index contributed by atoms with van der Waals surface area (Å²) in [5.41, 5.74) is 2.58. The molecule has 0 aliphatic carbocycles. The van der Waals surface area contributed by atoms with E-state index in [-0.39, 0.29) is 5.91 Å². The van der Waals surface area contributed by atoms with Gasteiger partial charge in [0.2, 0.25) is 0 Å². The smallest absolute Gasteiger partial charge is 0.269 e. The van der Waals surface area contributed by atoms with Crippen LogP contribution < -0.4 is 5.32 Å². The van der Waals surface area contributed by atoms with E-state index in [0.29, 0.717) is 12.2 Å². The maximum atomic E-state index is 11.7. The molecule has 0 unspecified atom stereocenters. The van der Waals surface area contributed by atoms with E-state index in [1.54, 1.807) is 12.3 Å². The Morgan fingerprint density at radius 1 is 1.11 bits per heavy atom. The molecule has 1 aromatic heterocycles. The first-order valence-corrected chi connectivity index (χ1v) is 6.11. The predicted molar refractivity (Wildman–Crippen MR) is 72.3 cm³/mol. The molecular formula is C15H16N2O. The molecule has 1 amide bonds. The third-order valence-corrected chi connectivity index (χ3v) is 2.64. The van der Waals surface area contributed by atoms with E-state index in [9.17, 15) is 4.79 Å². The van der Waals surface area contributed by atoms with Crippen LogP contribution in [-0.4, -0.2) is 17.4 Å². The van der Waals surface area contributed by atoms with Gasteiger partial charge in [-0.25, -0.2) is 0 Å². The molecular weight excluding hydrogens is 224 g/mol. The fourth-order valence-electron chi connectivity index (χ4n) is 1.66. The van der Waals surface area contributed by atoms with Crippen molar-refractivity contribution >= 4 is 5.91 Å². The molecule has 1 heterocycles. The van der Waals surface area contributed by atoms with Crippen molar-refractivity contribution in [2.75, 3.05) is 6.54 Å². The molecule has 1 N–H and O–H groups in total. The standard InChI is InChI=1S/C15H16N2O/c1-2-10-16-15(18)14-9-8-13(11-17-14)12-6-4-3-5-7-12/h3-9,11H,2,10H2,1H3,(H,16,18). The summed E-state index contributed by atoms with van der Waals surface area (Å²) in [5.74, 6) is -0.114. The van der Waals surface area contributed by atoms with Crippen LogP contribution in [0.3, 0.4) is 0 Å². The first-order valence-electron chi connectivity index (χ1n) is 6.11. The number of nitrogens with one attached hydrogen (secondary N) is 1. The van der Waals surface area contributed by atoms with Gasteiger partial charge in [0.1, 0.15) is 5.69 Å². The zero-order valence-corrected chi connectivity index (χ0v) is 10.4. The molecule has 18 heavy (non-hydrogen) atoms. The number of rotatable bonds is 4. The van der Waals surface area contributed by atoms with Crippen LogP contribution in [0.5, 0.6) is 0 Å². The quantitative estimate of drug-likeness (QED) is 0.892. The lowest BCUT2D eigenvalue weighted by molar-refractivity contribution is 0.0949. The number of nitrogens with zero attached hydrogens (tertiary/aromatic N) is 1. The molecule has 0 fully saturated rings. The Morgan fingerprint density at radius 2 is 1.89 bits per heavy atom. The number of hydrogen-bond donors (Lipinski definition) is 1. The lowest BCUT2D eigenvalue weighted by Crippen LogP contribution is -2.24. The third-order valence-electron chi connectivity index (χ3n) is 2.64. The second kappa shape index (κ2) is 5.96. The Kier molecular flexibility index (Phi) is 4.07. The highest BCUT2D eigenvalue weighted by molar-refractivity contribution is 5.92. The molecule has 0 atom stereocenters. The average Bonchev–Trinajstić information content (AvgIpc) is 2.46. The second-order valence-electron chi connectivity index (χ2n) is 4.05. The number of benzene rings is 1. The minimum atomic E-state index is -0.114.